The number of anilines is 2. The fourth-order valence-electron chi connectivity index (χ4n) is 6.01. The lowest BCUT2D eigenvalue weighted by atomic mass is 10.0. The van der Waals surface area contributed by atoms with Crippen molar-refractivity contribution in [2.75, 3.05) is 55.6 Å². The maximum absolute atomic E-state index is 14.0. The molecular weight excluding hydrogens is 586 g/mol. The largest absolute Gasteiger partial charge is 0.368 e. The van der Waals surface area contributed by atoms with Gasteiger partial charge in [-0.3, -0.25) is 4.79 Å². The molecule has 0 unspecified atom stereocenters. The van der Waals surface area contributed by atoms with E-state index >= 15 is 0 Å². The second kappa shape index (κ2) is 12.2. The predicted molar refractivity (Wildman–Crippen MR) is 162 cm³/mol. The van der Waals surface area contributed by atoms with E-state index in [1.165, 1.54) is 10.4 Å². The molecule has 2 fully saturated rings. The second-order valence-electron chi connectivity index (χ2n) is 11.1. The molecule has 9 nitrogen and oxygen atoms in total. The highest BCUT2D eigenvalue weighted by Crippen LogP contribution is 2.30. The SMILES string of the molecule is Cc1cc(C)c(S(=O)(=O)N2CCN(c3ccccc3C#N)CC2)cc1C(=O)N1CCN(c2cc(F)c(F)cc2C#N)C[C@@H]1C. The molecule has 5 rings (SSSR count). The van der Waals surface area contributed by atoms with Crippen LogP contribution in [0.5, 0.6) is 0 Å². The fraction of sp³-hybridized carbons (Fsp3) is 0.344. The number of piperazine rings is 2. The van der Waals surface area contributed by atoms with Crippen molar-refractivity contribution in [1.82, 2.24) is 9.21 Å². The van der Waals surface area contributed by atoms with E-state index in [1.54, 1.807) is 41.8 Å². The Kier molecular flexibility index (Phi) is 8.60. The molecule has 0 bridgehead atoms. The summed E-state index contributed by atoms with van der Waals surface area (Å²) in [6.45, 7) is 7.40. The van der Waals surface area contributed by atoms with Crippen molar-refractivity contribution in [3.05, 3.63) is 88.0 Å². The van der Waals surface area contributed by atoms with Gasteiger partial charge in [0, 0.05) is 63.5 Å². The van der Waals surface area contributed by atoms with Crippen LogP contribution in [0.4, 0.5) is 20.2 Å². The lowest BCUT2D eigenvalue weighted by Gasteiger charge is -2.41. The van der Waals surface area contributed by atoms with Gasteiger partial charge in [-0.05, 0) is 56.2 Å². The van der Waals surface area contributed by atoms with Gasteiger partial charge in [-0.15, -0.1) is 0 Å². The molecule has 0 aliphatic carbocycles. The van der Waals surface area contributed by atoms with E-state index in [0.717, 1.165) is 17.8 Å². The number of carbonyl (C=O) groups is 1. The molecule has 0 radical (unpaired) electrons. The summed E-state index contributed by atoms with van der Waals surface area (Å²) in [7, 11) is -3.93. The number of hydrogen-bond acceptors (Lipinski definition) is 7. The Labute approximate surface area is 256 Å². The molecule has 0 N–H and O–H groups in total. The standard InChI is InChI=1S/C32H32F2N6O3S/c1-21-14-22(2)31(44(42,43)39-11-8-37(9-12-39)29-7-5-4-6-24(29)18-35)16-26(21)32(41)40-13-10-38(20-23(40)3)30-17-28(34)27(33)15-25(30)19-36/h4-7,14-17,23H,8-13,20H2,1-3H3/t23-/m0/s1. The fourth-order valence-corrected chi connectivity index (χ4v) is 7.67. The van der Waals surface area contributed by atoms with E-state index in [0.29, 0.717) is 29.8 Å². The van der Waals surface area contributed by atoms with Gasteiger partial charge in [-0.25, -0.2) is 17.2 Å². The summed E-state index contributed by atoms with van der Waals surface area (Å²) in [4.78, 5) is 19.3. The predicted octanol–water partition coefficient (Wildman–Crippen LogP) is 4.19. The van der Waals surface area contributed by atoms with Crippen molar-refractivity contribution in [3.8, 4) is 12.1 Å². The number of sulfonamides is 1. The monoisotopic (exact) mass is 618 g/mol. The molecule has 44 heavy (non-hydrogen) atoms. The number of carbonyl (C=O) groups excluding carboxylic acids is 1. The highest BCUT2D eigenvalue weighted by Gasteiger charge is 2.34. The Morgan fingerprint density at radius 2 is 1.45 bits per heavy atom. The molecule has 0 aromatic heterocycles. The van der Waals surface area contributed by atoms with Crippen LogP contribution >= 0.6 is 0 Å². The zero-order valence-corrected chi connectivity index (χ0v) is 25.5. The van der Waals surface area contributed by atoms with Gasteiger partial charge in [0.1, 0.15) is 12.1 Å². The van der Waals surface area contributed by atoms with Gasteiger partial charge in [-0.1, -0.05) is 18.2 Å². The summed E-state index contributed by atoms with van der Waals surface area (Å²) in [5, 5.41) is 18.9. The van der Waals surface area contributed by atoms with Gasteiger partial charge in [0.05, 0.1) is 27.4 Å². The lowest BCUT2D eigenvalue weighted by molar-refractivity contribution is 0.0673. The Bertz CT molecular complexity index is 1810. The quantitative estimate of drug-likeness (QED) is 0.422. The first-order valence-electron chi connectivity index (χ1n) is 14.3. The molecule has 0 spiro atoms. The molecule has 228 valence electrons. The van der Waals surface area contributed by atoms with Gasteiger partial charge in [0.15, 0.2) is 11.6 Å². The molecule has 1 atom stereocenters. The van der Waals surface area contributed by atoms with Crippen LogP contribution < -0.4 is 9.80 Å². The number of para-hydroxylation sites is 1. The maximum Gasteiger partial charge on any atom is 0.254 e. The van der Waals surface area contributed by atoms with Crippen molar-refractivity contribution in [3.63, 3.8) is 0 Å². The van der Waals surface area contributed by atoms with Crippen LogP contribution in [0.25, 0.3) is 0 Å². The van der Waals surface area contributed by atoms with Gasteiger partial charge in [0.2, 0.25) is 10.0 Å². The number of benzene rings is 3. The zero-order valence-electron chi connectivity index (χ0n) is 24.7. The van der Waals surface area contributed by atoms with E-state index in [1.807, 2.05) is 30.0 Å². The number of aryl methyl sites for hydroxylation is 2. The van der Waals surface area contributed by atoms with Crippen molar-refractivity contribution < 1.29 is 22.0 Å². The molecule has 0 saturated carbocycles. The van der Waals surface area contributed by atoms with Crippen LogP contribution in [-0.2, 0) is 10.0 Å². The normalized spacial score (nSPS) is 17.7. The van der Waals surface area contributed by atoms with Crippen molar-refractivity contribution in [2.24, 2.45) is 0 Å². The van der Waals surface area contributed by atoms with Crippen LogP contribution in [0, 0.1) is 48.1 Å². The summed E-state index contributed by atoms with van der Waals surface area (Å²) < 4.78 is 56.8. The first-order chi connectivity index (χ1) is 21.0. The van der Waals surface area contributed by atoms with Gasteiger partial charge in [-0.2, -0.15) is 14.8 Å². The van der Waals surface area contributed by atoms with Crippen molar-refractivity contribution in [1.29, 1.82) is 10.5 Å². The number of hydrogen-bond donors (Lipinski definition) is 0. The van der Waals surface area contributed by atoms with Crippen LogP contribution in [0.3, 0.4) is 0 Å². The third-order valence-corrected chi connectivity index (χ3v) is 10.4. The Balaban J connectivity index is 1.34. The average molecular weight is 619 g/mol. The Morgan fingerprint density at radius 3 is 2.11 bits per heavy atom. The second-order valence-corrected chi connectivity index (χ2v) is 13.0. The first-order valence-corrected chi connectivity index (χ1v) is 15.7. The van der Waals surface area contributed by atoms with Gasteiger partial charge >= 0.3 is 0 Å². The van der Waals surface area contributed by atoms with Gasteiger partial charge in [0.25, 0.3) is 5.91 Å². The third-order valence-electron chi connectivity index (χ3n) is 8.36. The number of nitriles is 2. The molecule has 2 saturated heterocycles. The minimum Gasteiger partial charge on any atom is -0.368 e. The summed E-state index contributed by atoms with van der Waals surface area (Å²) in [6, 6.07) is 16.0. The van der Waals surface area contributed by atoms with Crippen molar-refractivity contribution in [2.45, 2.75) is 31.7 Å². The molecule has 3 aromatic carbocycles. The minimum atomic E-state index is -3.93. The highest BCUT2D eigenvalue weighted by atomic mass is 32.2. The molecule has 2 aliphatic rings. The van der Waals surface area contributed by atoms with E-state index in [9.17, 15) is 32.5 Å². The van der Waals surface area contributed by atoms with E-state index < -0.39 is 21.7 Å². The van der Waals surface area contributed by atoms with E-state index in [-0.39, 0.29) is 66.4 Å². The first kappa shape index (κ1) is 30.9. The lowest BCUT2D eigenvalue weighted by Crippen LogP contribution is -2.54. The summed E-state index contributed by atoms with van der Waals surface area (Å²) in [6.07, 6.45) is 0. The number of nitrogens with zero attached hydrogens (tertiary/aromatic N) is 6. The number of halogens is 2. The molecule has 2 aliphatic heterocycles. The molecule has 1 amide bonds. The summed E-state index contributed by atoms with van der Waals surface area (Å²) in [5.41, 5.74) is 3.04. The van der Waals surface area contributed by atoms with Crippen LogP contribution in [0.1, 0.15) is 39.5 Å². The third kappa shape index (κ3) is 5.71. The number of amides is 1. The van der Waals surface area contributed by atoms with E-state index in [2.05, 4.69) is 6.07 Å². The minimum absolute atomic E-state index is 0.00945. The average Bonchev–Trinajstić information content (AvgIpc) is 3.01. The van der Waals surface area contributed by atoms with E-state index in [4.69, 9.17) is 0 Å². The molecule has 2 heterocycles. The van der Waals surface area contributed by atoms with Crippen molar-refractivity contribution >= 4 is 27.3 Å². The van der Waals surface area contributed by atoms with Crippen LogP contribution in [0.15, 0.2) is 53.4 Å². The zero-order chi connectivity index (χ0) is 31.8. The topological polar surface area (TPSA) is 112 Å². The molecule has 3 aromatic rings. The molecular formula is C32H32F2N6O3S. The van der Waals surface area contributed by atoms with Crippen LogP contribution in [0.2, 0.25) is 0 Å². The summed E-state index contributed by atoms with van der Waals surface area (Å²) >= 11 is 0. The Morgan fingerprint density at radius 1 is 0.818 bits per heavy atom. The smallest absolute Gasteiger partial charge is 0.254 e. The highest BCUT2D eigenvalue weighted by molar-refractivity contribution is 7.89. The summed E-state index contributed by atoms with van der Waals surface area (Å²) in [5.74, 6) is -2.48. The molecule has 12 heteroatoms. The van der Waals surface area contributed by atoms with Crippen LogP contribution in [-0.4, -0.2) is 75.4 Å². The number of rotatable bonds is 5. The maximum atomic E-state index is 14.0. The Hall–Kier alpha value is -4.52. The van der Waals surface area contributed by atoms with Gasteiger partial charge < -0.3 is 14.7 Å².